The van der Waals surface area contributed by atoms with Crippen molar-refractivity contribution >= 4 is 28.3 Å². The Hall–Kier alpha value is -1.43. The van der Waals surface area contributed by atoms with Crippen molar-refractivity contribution in [3.05, 3.63) is 51.6 Å². The summed E-state index contributed by atoms with van der Waals surface area (Å²) >= 11 is 2.27. The lowest BCUT2D eigenvalue weighted by Gasteiger charge is -2.17. The van der Waals surface area contributed by atoms with Crippen molar-refractivity contribution in [2.75, 3.05) is 12.4 Å². The SMILES string of the molecule is COc1ccc(O)c(C(C)Nc2ccc(I)cc2)c1. The van der Waals surface area contributed by atoms with Gasteiger partial charge in [0.05, 0.1) is 13.2 Å². The van der Waals surface area contributed by atoms with Gasteiger partial charge in [0.1, 0.15) is 11.5 Å². The lowest BCUT2D eigenvalue weighted by Crippen LogP contribution is -2.07. The molecule has 19 heavy (non-hydrogen) atoms. The normalized spacial score (nSPS) is 11.9. The summed E-state index contributed by atoms with van der Waals surface area (Å²) in [6, 6.07) is 13.4. The molecule has 0 radical (unpaired) electrons. The van der Waals surface area contributed by atoms with E-state index >= 15 is 0 Å². The predicted molar refractivity (Wildman–Crippen MR) is 85.9 cm³/mol. The maximum absolute atomic E-state index is 9.93. The van der Waals surface area contributed by atoms with Crippen molar-refractivity contribution in [1.82, 2.24) is 0 Å². The number of hydrogen-bond donors (Lipinski definition) is 2. The highest BCUT2D eigenvalue weighted by atomic mass is 127. The molecule has 0 aliphatic rings. The molecular formula is C15H16INO2. The number of aromatic hydroxyl groups is 1. The van der Waals surface area contributed by atoms with Gasteiger partial charge in [0.15, 0.2) is 0 Å². The Balaban J connectivity index is 2.19. The summed E-state index contributed by atoms with van der Waals surface area (Å²) in [5, 5.41) is 13.3. The molecule has 0 heterocycles. The smallest absolute Gasteiger partial charge is 0.121 e. The standard InChI is InChI=1S/C15H16INO2/c1-10(17-12-5-3-11(16)4-6-12)14-9-13(19-2)7-8-15(14)18/h3-10,17-18H,1-2H3. The first-order chi connectivity index (χ1) is 9.10. The van der Waals surface area contributed by atoms with Crippen LogP contribution in [0.15, 0.2) is 42.5 Å². The number of anilines is 1. The molecule has 3 nitrogen and oxygen atoms in total. The van der Waals surface area contributed by atoms with Gasteiger partial charge in [-0.1, -0.05) is 0 Å². The van der Waals surface area contributed by atoms with Crippen LogP contribution in [0.4, 0.5) is 5.69 Å². The van der Waals surface area contributed by atoms with Crippen LogP contribution in [-0.4, -0.2) is 12.2 Å². The molecule has 0 aliphatic heterocycles. The van der Waals surface area contributed by atoms with Gasteiger partial charge in [-0.3, -0.25) is 0 Å². The minimum atomic E-state index is -0.00448. The molecule has 2 N–H and O–H groups in total. The molecule has 0 amide bonds. The average Bonchev–Trinajstić information content (AvgIpc) is 2.42. The van der Waals surface area contributed by atoms with Crippen LogP contribution >= 0.6 is 22.6 Å². The highest BCUT2D eigenvalue weighted by molar-refractivity contribution is 14.1. The van der Waals surface area contributed by atoms with E-state index in [0.717, 1.165) is 17.0 Å². The fourth-order valence-electron chi connectivity index (χ4n) is 1.88. The summed E-state index contributed by atoms with van der Waals surface area (Å²) in [6.07, 6.45) is 0. The second-order valence-electron chi connectivity index (χ2n) is 4.30. The molecule has 2 aromatic rings. The van der Waals surface area contributed by atoms with Gasteiger partial charge in [0, 0.05) is 14.8 Å². The second-order valence-corrected chi connectivity index (χ2v) is 5.54. The first kappa shape index (κ1) is 14.0. The van der Waals surface area contributed by atoms with E-state index in [1.54, 1.807) is 19.2 Å². The van der Waals surface area contributed by atoms with Gasteiger partial charge in [-0.05, 0) is 72.0 Å². The number of nitrogens with one attached hydrogen (secondary N) is 1. The van der Waals surface area contributed by atoms with Gasteiger partial charge in [-0.25, -0.2) is 0 Å². The lowest BCUT2D eigenvalue weighted by molar-refractivity contribution is 0.410. The van der Waals surface area contributed by atoms with E-state index in [1.807, 2.05) is 37.3 Å². The predicted octanol–water partition coefficient (Wildman–Crippen LogP) is 4.18. The molecule has 1 unspecified atom stereocenters. The minimum absolute atomic E-state index is 0.00448. The number of phenols is 1. The van der Waals surface area contributed by atoms with Crippen molar-refractivity contribution in [3.63, 3.8) is 0 Å². The maximum Gasteiger partial charge on any atom is 0.121 e. The van der Waals surface area contributed by atoms with Crippen LogP contribution in [-0.2, 0) is 0 Å². The number of phenolic OH excluding ortho intramolecular Hbond substituents is 1. The van der Waals surface area contributed by atoms with Gasteiger partial charge in [0.2, 0.25) is 0 Å². The molecule has 0 spiro atoms. The van der Waals surface area contributed by atoms with E-state index in [-0.39, 0.29) is 11.8 Å². The summed E-state index contributed by atoms with van der Waals surface area (Å²) in [4.78, 5) is 0. The van der Waals surface area contributed by atoms with E-state index in [1.165, 1.54) is 3.57 Å². The van der Waals surface area contributed by atoms with Crippen LogP contribution < -0.4 is 10.1 Å². The van der Waals surface area contributed by atoms with Crippen molar-refractivity contribution in [2.24, 2.45) is 0 Å². The van der Waals surface area contributed by atoms with Crippen molar-refractivity contribution in [1.29, 1.82) is 0 Å². The van der Waals surface area contributed by atoms with Gasteiger partial charge >= 0.3 is 0 Å². The fourth-order valence-corrected chi connectivity index (χ4v) is 2.24. The Kier molecular flexibility index (Phi) is 4.52. The Bertz CT molecular complexity index is 555. The van der Waals surface area contributed by atoms with Crippen molar-refractivity contribution in [3.8, 4) is 11.5 Å². The lowest BCUT2D eigenvalue weighted by atomic mass is 10.1. The summed E-state index contributed by atoms with van der Waals surface area (Å²) in [5.41, 5.74) is 1.84. The number of methoxy groups -OCH3 is 1. The zero-order chi connectivity index (χ0) is 13.8. The summed E-state index contributed by atoms with van der Waals surface area (Å²) < 4.78 is 6.38. The summed E-state index contributed by atoms with van der Waals surface area (Å²) in [5.74, 6) is 1.01. The third-order valence-electron chi connectivity index (χ3n) is 2.93. The molecule has 1 atom stereocenters. The largest absolute Gasteiger partial charge is 0.508 e. The van der Waals surface area contributed by atoms with Crippen LogP contribution in [0.1, 0.15) is 18.5 Å². The minimum Gasteiger partial charge on any atom is -0.508 e. The van der Waals surface area contributed by atoms with Crippen LogP contribution in [0.5, 0.6) is 11.5 Å². The van der Waals surface area contributed by atoms with Crippen molar-refractivity contribution < 1.29 is 9.84 Å². The fraction of sp³-hybridized carbons (Fsp3) is 0.200. The molecule has 100 valence electrons. The van der Waals surface area contributed by atoms with Gasteiger partial charge in [0.25, 0.3) is 0 Å². The van der Waals surface area contributed by atoms with E-state index < -0.39 is 0 Å². The number of rotatable bonds is 4. The first-order valence-electron chi connectivity index (χ1n) is 5.99. The molecule has 2 aromatic carbocycles. The molecule has 2 rings (SSSR count). The Morgan fingerprint density at radius 3 is 2.47 bits per heavy atom. The monoisotopic (exact) mass is 369 g/mol. The molecule has 0 saturated heterocycles. The molecule has 4 heteroatoms. The zero-order valence-corrected chi connectivity index (χ0v) is 13.0. The van der Waals surface area contributed by atoms with Crippen molar-refractivity contribution in [2.45, 2.75) is 13.0 Å². The first-order valence-corrected chi connectivity index (χ1v) is 7.07. The summed E-state index contributed by atoms with van der Waals surface area (Å²) in [6.45, 7) is 2.01. The van der Waals surface area contributed by atoms with Gasteiger partial charge in [-0.15, -0.1) is 0 Å². The van der Waals surface area contributed by atoms with Crippen LogP contribution in [0, 0.1) is 3.57 Å². The molecule has 0 fully saturated rings. The van der Waals surface area contributed by atoms with Gasteiger partial charge < -0.3 is 15.2 Å². The third-order valence-corrected chi connectivity index (χ3v) is 3.65. The Morgan fingerprint density at radius 1 is 1.16 bits per heavy atom. The number of ether oxygens (including phenoxy) is 1. The van der Waals surface area contributed by atoms with Gasteiger partial charge in [-0.2, -0.15) is 0 Å². The van der Waals surface area contributed by atoms with Crippen LogP contribution in [0.3, 0.4) is 0 Å². The molecule has 0 aliphatic carbocycles. The third kappa shape index (κ3) is 3.53. The molecule has 0 bridgehead atoms. The Labute approximate surface area is 126 Å². The average molecular weight is 369 g/mol. The number of halogens is 1. The second kappa shape index (κ2) is 6.14. The highest BCUT2D eigenvalue weighted by Gasteiger charge is 2.11. The number of benzene rings is 2. The Morgan fingerprint density at radius 2 is 1.84 bits per heavy atom. The summed E-state index contributed by atoms with van der Waals surface area (Å²) in [7, 11) is 1.62. The maximum atomic E-state index is 9.93. The molecular weight excluding hydrogens is 353 g/mol. The molecule has 0 saturated carbocycles. The quantitative estimate of drug-likeness (QED) is 0.795. The van der Waals surface area contributed by atoms with E-state index in [4.69, 9.17) is 4.74 Å². The topological polar surface area (TPSA) is 41.5 Å². The van der Waals surface area contributed by atoms with E-state index in [9.17, 15) is 5.11 Å². The van der Waals surface area contributed by atoms with Crippen LogP contribution in [0.25, 0.3) is 0 Å². The highest BCUT2D eigenvalue weighted by Crippen LogP contribution is 2.30. The molecule has 0 aromatic heterocycles. The van der Waals surface area contributed by atoms with E-state index in [2.05, 4.69) is 27.9 Å². The zero-order valence-electron chi connectivity index (χ0n) is 10.9. The number of hydrogen-bond acceptors (Lipinski definition) is 3. The van der Waals surface area contributed by atoms with Crippen LogP contribution in [0.2, 0.25) is 0 Å². The van der Waals surface area contributed by atoms with E-state index in [0.29, 0.717) is 0 Å².